The fraction of sp³-hybridized carbons (Fsp3) is 0.625. The van der Waals surface area contributed by atoms with Gasteiger partial charge < -0.3 is 20.6 Å². The summed E-state index contributed by atoms with van der Waals surface area (Å²) in [5, 5.41) is 29.0. The molecule has 0 aliphatic carbocycles. The molecule has 0 saturated heterocycles. The second-order valence-corrected chi connectivity index (χ2v) is 5.29. The molecule has 0 radical (unpaired) electrons. The Morgan fingerprint density at radius 3 is 1.60 bits per heavy atom. The second-order valence-electron chi connectivity index (χ2n) is 5.29. The molecule has 0 amide bonds. The van der Waals surface area contributed by atoms with Crippen LogP contribution in [-0.2, 0) is 0 Å². The molecule has 4 heteroatoms. The number of para-hydroxylation sites is 1. The van der Waals surface area contributed by atoms with Gasteiger partial charge in [0.1, 0.15) is 5.75 Å². The number of rotatable bonds is 6. The van der Waals surface area contributed by atoms with Gasteiger partial charge in [-0.1, -0.05) is 45.9 Å². The lowest BCUT2D eigenvalue weighted by molar-refractivity contribution is 0.266. The molecule has 4 nitrogen and oxygen atoms in total. The quantitative estimate of drug-likeness (QED) is 0.604. The van der Waals surface area contributed by atoms with Gasteiger partial charge >= 0.3 is 0 Å². The predicted molar refractivity (Wildman–Crippen MR) is 83.3 cm³/mol. The summed E-state index contributed by atoms with van der Waals surface area (Å²) in [7, 11) is 0. The van der Waals surface area contributed by atoms with Crippen molar-refractivity contribution in [1.82, 2.24) is 5.32 Å². The number of aliphatic hydroxyl groups excluding tert-OH is 2. The number of hydrogen-bond acceptors (Lipinski definition) is 4. The molecular formula is C16H29NO3. The van der Waals surface area contributed by atoms with Crippen molar-refractivity contribution in [3.63, 3.8) is 0 Å². The number of nitrogens with one attached hydrogen (secondary N) is 1. The van der Waals surface area contributed by atoms with Gasteiger partial charge in [-0.15, -0.1) is 0 Å². The Morgan fingerprint density at radius 2 is 1.30 bits per heavy atom. The van der Waals surface area contributed by atoms with Crippen LogP contribution in [0.25, 0.3) is 0 Å². The van der Waals surface area contributed by atoms with E-state index in [4.69, 9.17) is 10.2 Å². The van der Waals surface area contributed by atoms with Gasteiger partial charge in [0.15, 0.2) is 0 Å². The standard InChI is InChI=1S/C12H18O.C4H11NO2/c1-8(2)10-6-5-7-11(9(3)4)12(10)13;6-3-1-5-2-4-7/h5-9,13H,1-4H3;5-7H,1-4H2. The highest BCUT2D eigenvalue weighted by Crippen LogP contribution is 2.32. The molecule has 0 atom stereocenters. The van der Waals surface area contributed by atoms with Crippen LogP contribution >= 0.6 is 0 Å². The first-order chi connectivity index (χ1) is 9.45. The van der Waals surface area contributed by atoms with E-state index < -0.39 is 0 Å². The summed E-state index contributed by atoms with van der Waals surface area (Å²) in [6.45, 7) is 9.80. The summed E-state index contributed by atoms with van der Waals surface area (Å²) in [4.78, 5) is 0. The highest BCUT2D eigenvalue weighted by Gasteiger charge is 2.11. The van der Waals surface area contributed by atoms with Crippen molar-refractivity contribution >= 4 is 0 Å². The number of aromatic hydroxyl groups is 1. The molecule has 0 unspecified atom stereocenters. The number of aliphatic hydroxyl groups is 2. The predicted octanol–water partition coefficient (Wildman–Crippen LogP) is 2.20. The van der Waals surface area contributed by atoms with Crippen molar-refractivity contribution in [1.29, 1.82) is 0 Å². The number of phenolic OH excluding ortho intramolecular Hbond substituents is 1. The molecule has 1 rings (SSSR count). The zero-order valence-electron chi connectivity index (χ0n) is 13.1. The molecule has 0 spiro atoms. The van der Waals surface area contributed by atoms with Gasteiger partial charge in [0.25, 0.3) is 0 Å². The largest absolute Gasteiger partial charge is 0.507 e. The Bertz CT molecular complexity index is 334. The Morgan fingerprint density at radius 1 is 0.900 bits per heavy atom. The maximum absolute atomic E-state index is 9.93. The summed E-state index contributed by atoms with van der Waals surface area (Å²) in [6, 6.07) is 6.00. The molecule has 116 valence electrons. The van der Waals surface area contributed by atoms with Crippen LogP contribution in [0.4, 0.5) is 0 Å². The summed E-state index contributed by atoms with van der Waals surface area (Å²) >= 11 is 0. The van der Waals surface area contributed by atoms with Crippen LogP contribution in [-0.4, -0.2) is 41.6 Å². The van der Waals surface area contributed by atoms with Crippen LogP contribution < -0.4 is 5.32 Å². The molecule has 4 N–H and O–H groups in total. The van der Waals surface area contributed by atoms with E-state index in [1.165, 1.54) is 0 Å². The zero-order chi connectivity index (χ0) is 15.5. The molecular weight excluding hydrogens is 254 g/mol. The van der Waals surface area contributed by atoms with Crippen LogP contribution in [0.1, 0.15) is 50.7 Å². The summed E-state index contributed by atoms with van der Waals surface area (Å²) < 4.78 is 0. The molecule has 0 aromatic heterocycles. The van der Waals surface area contributed by atoms with E-state index in [-0.39, 0.29) is 13.2 Å². The summed E-state index contributed by atoms with van der Waals surface area (Å²) in [5.41, 5.74) is 2.09. The minimum atomic E-state index is 0.139. The first kappa shape index (κ1) is 18.9. The molecule has 0 fully saturated rings. The summed E-state index contributed by atoms with van der Waals surface area (Å²) in [6.07, 6.45) is 0. The van der Waals surface area contributed by atoms with Crippen LogP contribution in [0.3, 0.4) is 0 Å². The third-order valence-electron chi connectivity index (χ3n) is 2.92. The molecule has 0 bridgehead atoms. The third-order valence-corrected chi connectivity index (χ3v) is 2.92. The van der Waals surface area contributed by atoms with Gasteiger partial charge in [-0.2, -0.15) is 0 Å². The van der Waals surface area contributed by atoms with Crippen molar-refractivity contribution in [2.75, 3.05) is 26.3 Å². The van der Waals surface area contributed by atoms with E-state index >= 15 is 0 Å². The van der Waals surface area contributed by atoms with Gasteiger partial charge in [-0.3, -0.25) is 0 Å². The maximum atomic E-state index is 9.93. The van der Waals surface area contributed by atoms with Crippen molar-refractivity contribution in [3.8, 4) is 5.75 Å². The smallest absolute Gasteiger partial charge is 0.122 e. The molecule has 20 heavy (non-hydrogen) atoms. The SMILES string of the molecule is CC(C)c1cccc(C(C)C)c1O.OCCNCCO. The fourth-order valence-electron chi connectivity index (χ4n) is 1.79. The fourth-order valence-corrected chi connectivity index (χ4v) is 1.79. The molecule has 1 aromatic carbocycles. The molecule has 0 saturated carbocycles. The van der Waals surface area contributed by atoms with E-state index in [2.05, 4.69) is 33.0 Å². The van der Waals surface area contributed by atoms with E-state index in [9.17, 15) is 5.11 Å². The van der Waals surface area contributed by atoms with E-state index in [1.807, 2.05) is 18.2 Å². The Kier molecular flexibility index (Phi) is 10.1. The molecule has 0 aliphatic rings. The van der Waals surface area contributed by atoms with Crippen molar-refractivity contribution in [2.45, 2.75) is 39.5 Å². The maximum Gasteiger partial charge on any atom is 0.122 e. The number of phenols is 1. The highest BCUT2D eigenvalue weighted by atomic mass is 16.3. The molecule has 0 heterocycles. The van der Waals surface area contributed by atoms with Gasteiger partial charge in [0, 0.05) is 13.1 Å². The first-order valence-corrected chi connectivity index (χ1v) is 7.19. The van der Waals surface area contributed by atoms with E-state index in [1.54, 1.807) is 0 Å². The lowest BCUT2D eigenvalue weighted by Gasteiger charge is -2.14. The molecule has 0 aliphatic heterocycles. The minimum Gasteiger partial charge on any atom is -0.507 e. The summed E-state index contributed by atoms with van der Waals surface area (Å²) in [5.74, 6) is 1.25. The number of hydrogen-bond donors (Lipinski definition) is 4. The highest BCUT2D eigenvalue weighted by molar-refractivity contribution is 5.43. The lowest BCUT2D eigenvalue weighted by Crippen LogP contribution is -2.21. The van der Waals surface area contributed by atoms with Crippen molar-refractivity contribution in [3.05, 3.63) is 29.3 Å². The topological polar surface area (TPSA) is 72.7 Å². The Labute approximate surface area is 122 Å². The minimum absolute atomic E-state index is 0.139. The van der Waals surface area contributed by atoms with Gasteiger partial charge in [0.05, 0.1) is 13.2 Å². The lowest BCUT2D eigenvalue weighted by atomic mass is 9.94. The van der Waals surface area contributed by atoms with Crippen molar-refractivity contribution < 1.29 is 15.3 Å². The van der Waals surface area contributed by atoms with Gasteiger partial charge in [-0.05, 0) is 23.0 Å². The Balaban J connectivity index is 0.000000441. The Hall–Kier alpha value is -1.10. The first-order valence-electron chi connectivity index (χ1n) is 7.19. The van der Waals surface area contributed by atoms with Crippen LogP contribution in [0, 0.1) is 0 Å². The monoisotopic (exact) mass is 283 g/mol. The van der Waals surface area contributed by atoms with Crippen molar-refractivity contribution in [2.24, 2.45) is 0 Å². The third kappa shape index (κ3) is 6.89. The average molecular weight is 283 g/mol. The van der Waals surface area contributed by atoms with Crippen LogP contribution in [0.2, 0.25) is 0 Å². The normalized spacial score (nSPS) is 10.6. The zero-order valence-corrected chi connectivity index (χ0v) is 13.1. The molecule has 1 aromatic rings. The average Bonchev–Trinajstić information content (AvgIpc) is 2.39. The van der Waals surface area contributed by atoms with Gasteiger partial charge in [-0.25, -0.2) is 0 Å². The van der Waals surface area contributed by atoms with Crippen LogP contribution in [0.5, 0.6) is 5.75 Å². The van der Waals surface area contributed by atoms with Gasteiger partial charge in [0.2, 0.25) is 0 Å². The van der Waals surface area contributed by atoms with E-state index in [0.717, 1.165) is 11.1 Å². The second kappa shape index (κ2) is 10.7. The van der Waals surface area contributed by atoms with E-state index in [0.29, 0.717) is 30.7 Å². The number of benzene rings is 1. The van der Waals surface area contributed by atoms with Crippen LogP contribution in [0.15, 0.2) is 18.2 Å².